The van der Waals surface area contributed by atoms with Gasteiger partial charge in [0.25, 0.3) is 0 Å². The van der Waals surface area contributed by atoms with E-state index in [9.17, 15) is 9.59 Å². The minimum Gasteiger partial charge on any atom is -0.497 e. The summed E-state index contributed by atoms with van der Waals surface area (Å²) in [5.74, 6) is 2.07. The number of thioether (sulfide) groups is 1. The fourth-order valence-electron chi connectivity index (χ4n) is 3.10. The highest BCUT2D eigenvalue weighted by Gasteiger charge is 2.26. The average molecular weight is 443 g/mol. The average Bonchev–Trinajstić information content (AvgIpc) is 2.75. The molecule has 0 aliphatic heterocycles. The van der Waals surface area contributed by atoms with Gasteiger partial charge in [-0.1, -0.05) is 55.8 Å². The van der Waals surface area contributed by atoms with E-state index in [4.69, 9.17) is 4.74 Å². The predicted molar refractivity (Wildman–Crippen MR) is 128 cm³/mol. The molecule has 1 unspecified atom stereocenters. The van der Waals surface area contributed by atoms with E-state index in [0.717, 1.165) is 28.2 Å². The zero-order valence-electron chi connectivity index (χ0n) is 19.2. The van der Waals surface area contributed by atoms with Gasteiger partial charge in [0.05, 0.1) is 12.9 Å². The second-order valence-electron chi connectivity index (χ2n) is 8.17. The molecule has 0 heterocycles. The van der Waals surface area contributed by atoms with Crippen LogP contribution in [0.2, 0.25) is 0 Å². The van der Waals surface area contributed by atoms with Crippen molar-refractivity contribution in [3.8, 4) is 5.75 Å². The quantitative estimate of drug-likeness (QED) is 0.559. The molecular weight excluding hydrogens is 408 g/mol. The number of amides is 2. The van der Waals surface area contributed by atoms with E-state index in [1.165, 1.54) is 0 Å². The van der Waals surface area contributed by atoms with Gasteiger partial charge in [-0.15, -0.1) is 11.8 Å². The maximum atomic E-state index is 13.1. The minimum absolute atomic E-state index is 0.0350. The number of rotatable bonds is 11. The van der Waals surface area contributed by atoms with Crippen LogP contribution in [0, 0.1) is 12.8 Å². The number of nitrogens with one attached hydrogen (secondary N) is 1. The standard InChI is InChI=1S/C25H34N2O3S/c1-18(2)14-26-25(29)20(4)27(15-22-8-6-7-19(3)13-22)24(28)17-31-16-21-9-11-23(30-5)12-10-21/h6-13,18,20H,14-17H2,1-5H3,(H,26,29). The number of methoxy groups -OCH3 is 1. The number of aryl methyl sites for hydroxylation is 1. The Morgan fingerprint density at radius 1 is 1.06 bits per heavy atom. The lowest BCUT2D eigenvalue weighted by Gasteiger charge is -2.29. The Morgan fingerprint density at radius 2 is 1.77 bits per heavy atom. The largest absolute Gasteiger partial charge is 0.497 e. The monoisotopic (exact) mass is 442 g/mol. The number of carbonyl (C=O) groups is 2. The summed E-state index contributed by atoms with van der Waals surface area (Å²) in [6.07, 6.45) is 0. The van der Waals surface area contributed by atoms with Crippen LogP contribution in [-0.2, 0) is 21.9 Å². The fraction of sp³-hybridized carbons (Fsp3) is 0.440. The summed E-state index contributed by atoms with van der Waals surface area (Å²) in [5, 5.41) is 2.96. The normalized spacial score (nSPS) is 11.8. The van der Waals surface area contributed by atoms with Crippen LogP contribution < -0.4 is 10.1 Å². The van der Waals surface area contributed by atoms with E-state index in [1.807, 2.05) is 49.4 Å². The van der Waals surface area contributed by atoms with Gasteiger partial charge in [-0.3, -0.25) is 9.59 Å². The molecule has 1 atom stereocenters. The van der Waals surface area contributed by atoms with Crippen molar-refractivity contribution in [2.75, 3.05) is 19.4 Å². The highest BCUT2D eigenvalue weighted by atomic mass is 32.2. The number of carbonyl (C=O) groups excluding carboxylic acids is 2. The van der Waals surface area contributed by atoms with Crippen LogP contribution >= 0.6 is 11.8 Å². The van der Waals surface area contributed by atoms with Gasteiger partial charge in [0.2, 0.25) is 11.8 Å². The van der Waals surface area contributed by atoms with E-state index < -0.39 is 6.04 Å². The van der Waals surface area contributed by atoms with Crippen LogP contribution in [0.3, 0.4) is 0 Å². The van der Waals surface area contributed by atoms with Crippen molar-refractivity contribution in [2.24, 2.45) is 5.92 Å². The van der Waals surface area contributed by atoms with E-state index in [2.05, 4.69) is 25.2 Å². The van der Waals surface area contributed by atoms with Crippen LogP contribution in [0.4, 0.5) is 0 Å². The summed E-state index contributed by atoms with van der Waals surface area (Å²) >= 11 is 1.55. The summed E-state index contributed by atoms with van der Waals surface area (Å²) in [4.78, 5) is 27.5. The molecular formula is C25H34N2O3S. The lowest BCUT2D eigenvalue weighted by molar-refractivity contribution is -0.138. The van der Waals surface area contributed by atoms with Crippen LogP contribution in [0.25, 0.3) is 0 Å². The minimum atomic E-state index is -0.534. The molecule has 1 N–H and O–H groups in total. The molecule has 6 heteroatoms. The van der Waals surface area contributed by atoms with Gasteiger partial charge in [0.1, 0.15) is 11.8 Å². The third-order valence-electron chi connectivity index (χ3n) is 4.94. The second-order valence-corrected chi connectivity index (χ2v) is 9.15. The van der Waals surface area contributed by atoms with Crippen LogP contribution in [0.1, 0.15) is 37.5 Å². The van der Waals surface area contributed by atoms with Crippen molar-refractivity contribution in [1.29, 1.82) is 0 Å². The molecule has 2 amide bonds. The zero-order chi connectivity index (χ0) is 22.8. The topological polar surface area (TPSA) is 58.6 Å². The lowest BCUT2D eigenvalue weighted by Crippen LogP contribution is -2.48. The van der Waals surface area contributed by atoms with Crippen LogP contribution in [-0.4, -0.2) is 42.2 Å². The number of ether oxygens (including phenoxy) is 1. The molecule has 2 aromatic rings. The van der Waals surface area contributed by atoms with Gasteiger partial charge < -0.3 is 15.0 Å². The summed E-state index contributed by atoms with van der Waals surface area (Å²) in [7, 11) is 1.64. The van der Waals surface area contributed by atoms with E-state index in [-0.39, 0.29) is 11.8 Å². The maximum Gasteiger partial charge on any atom is 0.242 e. The number of hydrogen-bond donors (Lipinski definition) is 1. The third kappa shape index (κ3) is 8.29. The molecule has 0 aliphatic carbocycles. The van der Waals surface area contributed by atoms with Gasteiger partial charge >= 0.3 is 0 Å². The SMILES string of the molecule is COc1ccc(CSCC(=O)N(Cc2cccc(C)c2)C(C)C(=O)NCC(C)C)cc1. The Labute approximate surface area is 190 Å². The molecule has 0 bridgehead atoms. The summed E-state index contributed by atoms with van der Waals surface area (Å²) < 4.78 is 5.19. The summed E-state index contributed by atoms with van der Waals surface area (Å²) in [5.41, 5.74) is 3.29. The summed E-state index contributed by atoms with van der Waals surface area (Å²) in [6.45, 7) is 8.95. The number of benzene rings is 2. The van der Waals surface area contributed by atoms with Crippen molar-refractivity contribution < 1.29 is 14.3 Å². The molecule has 2 rings (SSSR count). The van der Waals surface area contributed by atoms with Crippen molar-refractivity contribution in [3.63, 3.8) is 0 Å². The Bertz CT molecular complexity index is 852. The molecule has 0 fully saturated rings. The third-order valence-corrected chi connectivity index (χ3v) is 5.93. The first-order valence-corrected chi connectivity index (χ1v) is 11.8. The highest BCUT2D eigenvalue weighted by Crippen LogP contribution is 2.18. The van der Waals surface area contributed by atoms with E-state index >= 15 is 0 Å². The molecule has 0 saturated carbocycles. The van der Waals surface area contributed by atoms with Gasteiger partial charge in [-0.25, -0.2) is 0 Å². The number of nitrogens with zero attached hydrogens (tertiary/aromatic N) is 1. The van der Waals surface area contributed by atoms with Gasteiger partial charge in [0, 0.05) is 18.8 Å². The zero-order valence-corrected chi connectivity index (χ0v) is 20.0. The molecule has 31 heavy (non-hydrogen) atoms. The van der Waals surface area contributed by atoms with E-state index in [0.29, 0.717) is 24.8 Å². The Balaban J connectivity index is 2.04. The first-order valence-electron chi connectivity index (χ1n) is 10.6. The molecule has 168 valence electrons. The van der Waals surface area contributed by atoms with Crippen molar-refractivity contribution in [1.82, 2.24) is 10.2 Å². The lowest BCUT2D eigenvalue weighted by atomic mass is 10.1. The molecule has 2 aromatic carbocycles. The molecule has 0 aromatic heterocycles. The predicted octanol–water partition coefficient (Wildman–Crippen LogP) is 4.43. The van der Waals surface area contributed by atoms with Crippen LogP contribution in [0.5, 0.6) is 5.75 Å². The van der Waals surface area contributed by atoms with Crippen LogP contribution in [0.15, 0.2) is 48.5 Å². The van der Waals surface area contributed by atoms with Crippen molar-refractivity contribution in [3.05, 3.63) is 65.2 Å². The highest BCUT2D eigenvalue weighted by molar-refractivity contribution is 7.99. The molecule has 0 radical (unpaired) electrons. The fourth-order valence-corrected chi connectivity index (χ4v) is 3.97. The van der Waals surface area contributed by atoms with Gasteiger partial charge in [-0.05, 0) is 43.0 Å². The second kappa shape index (κ2) is 12.4. The summed E-state index contributed by atoms with van der Waals surface area (Å²) in [6, 6.07) is 15.4. The maximum absolute atomic E-state index is 13.1. The van der Waals surface area contributed by atoms with Crippen molar-refractivity contribution in [2.45, 2.75) is 46.0 Å². The molecule has 0 saturated heterocycles. The molecule has 0 aliphatic rings. The Kier molecular flexibility index (Phi) is 9.92. The van der Waals surface area contributed by atoms with E-state index in [1.54, 1.807) is 30.7 Å². The van der Waals surface area contributed by atoms with Gasteiger partial charge in [-0.2, -0.15) is 0 Å². The van der Waals surface area contributed by atoms with Gasteiger partial charge in [0.15, 0.2) is 0 Å². The van der Waals surface area contributed by atoms with Crippen molar-refractivity contribution >= 4 is 23.6 Å². The first kappa shape index (κ1) is 24.8. The Morgan fingerprint density at radius 3 is 2.39 bits per heavy atom. The molecule has 5 nitrogen and oxygen atoms in total. The first-order chi connectivity index (χ1) is 14.8. The number of hydrogen-bond acceptors (Lipinski definition) is 4. The Hall–Kier alpha value is -2.47. The molecule has 0 spiro atoms. The smallest absolute Gasteiger partial charge is 0.242 e.